The topological polar surface area (TPSA) is 77.5 Å². The van der Waals surface area contributed by atoms with Gasteiger partial charge in [-0.25, -0.2) is 14.2 Å². The van der Waals surface area contributed by atoms with Gasteiger partial charge in [0.2, 0.25) is 0 Å². The Hall–Kier alpha value is -2.97. The van der Waals surface area contributed by atoms with E-state index in [2.05, 4.69) is 10.3 Å². The van der Waals surface area contributed by atoms with E-state index in [4.69, 9.17) is 21.1 Å². The van der Waals surface area contributed by atoms with E-state index >= 15 is 0 Å². The number of esters is 1. The van der Waals surface area contributed by atoms with Crippen LogP contribution in [0.5, 0.6) is 5.75 Å². The van der Waals surface area contributed by atoms with E-state index in [1.807, 2.05) is 0 Å². The molecule has 0 atom stereocenters. The molecule has 1 amide bonds. The van der Waals surface area contributed by atoms with Crippen molar-refractivity contribution in [3.05, 3.63) is 63.4 Å². The minimum atomic E-state index is -0.659. The lowest BCUT2D eigenvalue weighted by Gasteiger charge is -2.12. The van der Waals surface area contributed by atoms with Crippen molar-refractivity contribution in [2.75, 3.05) is 19.0 Å². The third kappa shape index (κ3) is 4.95. The van der Waals surface area contributed by atoms with Crippen LogP contribution in [0.4, 0.5) is 10.1 Å². The van der Waals surface area contributed by atoms with Crippen LogP contribution >= 0.6 is 22.9 Å². The number of nitrogens with zero attached hydrogens (tertiary/aromatic N) is 1. The van der Waals surface area contributed by atoms with Crippen LogP contribution in [0.15, 0.2) is 36.4 Å². The number of thiazole rings is 1. The van der Waals surface area contributed by atoms with Crippen molar-refractivity contribution in [1.82, 2.24) is 4.98 Å². The molecule has 3 aromatic rings. The average molecular weight is 449 g/mol. The van der Waals surface area contributed by atoms with Gasteiger partial charge in [0.1, 0.15) is 21.5 Å². The van der Waals surface area contributed by atoms with Gasteiger partial charge >= 0.3 is 5.97 Å². The zero-order chi connectivity index (χ0) is 21.8. The zero-order valence-corrected chi connectivity index (χ0v) is 18.0. The predicted octanol–water partition coefficient (Wildman–Crippen LogP) is 5.02. The molecule has 0 radical (unpaired) electrons. The lowest BCUT2D eigenvalue weighted by atomic mass is 10.2. The SMILES string of the molecule is COc1cc(Cl)c(C)cc1NC(=O)COC(=O)c1sc(-c2ccc(F)cc2)nc1C. The molecule has 1 heterocycles. The van der Waals surface area contributed by atoms with Crippen molar-refractivity contribution in [1.29, 1.82) is 0 Å². The predicted molar refractivity (Wildman–Crippen MR) is 114 cm³/mol. The number of anilines is 1. The van der Waals surface area contributed by atoms with Crippen molar-refractivity contribution in [3.63, 3.8) is 0 Å². The first kappa shape index (κ1) is 21.7. The smallest absolute Gasteiger partial charge is 0.350 e. The number of rotatable bonds is 6. The summed E-state index contributed by atoms with van der Waals surface area (Å²) >= 11 is 7.17. The van der Waals surface area contributed by atoms with Crippen LogP contribution in [0.2, 0.25) is 5.02 Å². The summed E-state index contributed by atoms with van der Waals surface area (Å²) in [6, 6.07) is 9.07. The maximum atomic E-state index is 13.1. The van der Waals surface area contributed by atoms with Gasteiger partial charge in [0, 0.05) is 16.7 Å². The summed E-state index contributed by atoms with van der Waals surface area (Å²) in [7, 11) is 1.46. The molecule has 0 bridgehead atoms. The third-order valence-corrected chi connectivity index (χ3v) is 5.76. The van der Waals surface area contributed by atoms with Gasteiger partial charge in [0.05, 0.1) is 18.5 Å². The maximum Gasteiger partial charge on any atom is 0.350 e. The van der Waals surface area contributed by atoms with Crippen LogP contribution < -0.4 is 10.1 Å². The number of nitrogens with one attached hydrogen (secondary N) is 1. The Morgan fingerprint density at radius 2 is 1.90 bits per heavy atom. The molecule has 0 unspecified atom stereocenters. The number of carbonyl (C=O) groups is 2. The molecule has 1 aromatic heterocycles. The number of amides is 1. The van der Waals surface area contributed by atoms with Gasteiger partial charge in [-0.05, 0) is 49.7 Å². The molecule has 0 aliphatic carbocycles. The Bertz CT molecular complexity index is 1100. The Labute approximate surface area is 181 Å². The highest BCUT2D eigenvalue weighted by Gasteiger charge is 2.19. The first-order valence-electron chi connectivity index (χ1n) is 8.83. The second kappa shape index (κ2) is 9.23. The highest BCUT2D eigenvalue weighted by molar-refractivity contribution is 7.17. The standard InChI is InChI=1S/C21H18ClFN2O4S/c1-11-8-16(17(28-3)9-15(11)22)25-18(26)10-29-21(27)19-12(2)24-20(30-19)13-4-6-14(23)7-5-13/h4-9H,10H2,1-3H3,(H,25,26). The molecule has 30 heavy (non-hydrogen) atoms. The Kier molecular flexibility index (Phi) is 6.69. The molecule has 0 saturated carbocycles. The summed E-state index contributed by atoms with van der Waals surface area (Å²) in [4.78, 5) is 29.3. The third-order valence-electron chi connectivity index (χ3n) is 4.16. The van der Waals surface area contributed by atoms with Crippen molar-refractivity contribution in [3.8, 4) is 16.3 Å². The van der Waals surface area contributed by atoms with Crippen LogP contribution in [-0.2, 0) is 9.53 Å². The van der Waals surface area contributed by atoms with Gasteiger partial charge in [-0.2, -0.15) is 0 Å². The van der Waals surface area contributed by atoms with Crippen molar-refractivity contribution < 1.29 is 23.5 Å². The Morgan fingerprint density at radius 1 is 1.20 bits per heavy atom. The maximum absolute atomic E-state index is 13.1. The number of hydrogen-bond acceptors (Lipinski definition) is 6. The fraction of sp³-hybridized carbons (Fsp3) is 0.190. The van der Waals surface area contributed by atoms with E-state index in [1.165, 1.54) is 19.2 Å². The molecule has 1 N–H and O–H groups in total. The second-order valence-corrected chi connectivity index (χ2v) is 7.77. The molecule has 0 aliphatic rings. The molecule has 0 fully saturated rings. The van der Waals surface area contributed by atoms with Gasteiger partial charge in [0.25, 0.3) is 5.91 Å². The fourth-order valence-corrected chi connectivity index (χ4v) is 3.73. The summed E-state index contributed by atoms with van der Waals surface area (Å²) in [5, 5.41) is 3.71. The van der Waals surface area contributed by atoms with Crippen molar-refractivity contribution in [2.45, 2.75) is 13.8 Å². The first-order chi connectivity index (χ1) is 14.3. The highest BCUT2D eigenvalue weighted by Crippen LogP contribution is 2.31. The van der Waals surface area contributed by atoms with Crippen molar-refractivity contribution >= 4 is 40.5 Å². The minimum Gasteiger partial charge on any atom is -0.495 e. The quantitative estimate of drug-likeness (QED) is 0.535. The largest absolute Gasteiger partial charge is 0.495 e. The number of methoxy groups -OCH3 is 1. The molecule has 156 valence electrons. The van der Waals surface area contributed by atoms with Gasteiger partial charge in [-0.3, -0.25) is 4.79 Å². The molecular weight excluding hydrogens is 431 g/mol. The van der Waals surface area contributed by atoms with Gasteiger partial charge in [-0.1, -0.05) is 11.6 Å². The van der Waals surface area contributed by atoms with Crippen LogP contribution in [0.25, 0.3) is 10.6 Å². The molecule has 9 heteroatoms. The summed E-state index contributed by atoms with van der Waals surface area (Å²) in [6.45, 7) is 2.98. The van der Waals surface area contributed by atoms with E-state index in [9.17, 15) is 14.0 Å². The van der Waals surface area contributed by atoms with Crippen LogP contribution in [0.1, 0.15) is 20.9 Å². The van der Waals surface area contributed by atoms with Crippen molar-refractivity contribution in [2.24, 2.45) is 0 Å². The van der Waals surface area contributed by atoms with Crippen LogP contribution in [0.3, 0.4) is 0 Å². The van der Waals surface area contributed by atoms with Gasteiger partial charge in [-0.15, -0.1) is 11.3 Å². The fourth-order valence-electron chi connectivity index (χ4n) is 2.61. The molecule has 2 aromatic carbocycles. The second-order valence-electron chi connectivity index (χ2n) is 6.37. The summed E-state index contributed by atoms with van der Waals surface area (Å²) in [5.74, 6) is -1.14. The Balaban J connectivity index is 1.65. The number of aryl methyl sites for hydroxylation is 2. The van der Waals surface area contributed by atoms with Crippen LogP contribution in [0, 0.1) is 19.7 Å². The lowest BCUT2D eigenvalue weighted by molar-refractivity contribution is -0.119. The number of benzene rings is 2. The van der Waals surface area contributed by atoms with E-state index < -0.39 is 18.5 Å². The highest BCUT2D eigenvalue weighted by atomic mass is 35.5. The molecule has 0 spiro atoms. The number of ether oxygens (including phenoxy) is 2. The molecule has 0 aliphatic heterocycles. The van der Waals surface area contributed by atoms with Gasteiger partial charge in [0.15, 0.2) is 6.61 Å². The monoisotopic (exact) mass is 448 g/mol. The molecule has 3 rings (SSSR count). The van der Waals surface area contributed by atoms with E-state index in [-0.39, 0.29) is 10.7 Å². The molecule has 6 nitrogen and oxygen atoms in total. The minimum absolute atomic E-state index is 0.280. The van der Waals surface area contributed by atoms with E-state index in [0.29, 0.717) is 32.7 Å². The molecule has 0 saturated heterocycles. The summed E-state index contributed by atoms with van der Waals surface area (Å²) in [6.07, 6.45) is 0. The normalized spacial score (nSPS) is 10.6. The van der Waals surface area contributed by atoms with E-state index in [1.54, 1.807) is 38.1 Å². The lowest BCUT2D eigenvalue weighted by Crippen LogP contribution is -2.21. The Morgan fingerprint density at radius 3 is 2.57 bits per heavy atom. The zero-order valence-electron chi connectivity index (χ0n) is 16.4. The van der Waals surface area contributed by atoms with Gasteiger partial charge < -0.3 is 14.8 Å². The molecular formula is C21H18ClFN2O4S. The summed E-state index contributed by atoms with van der Waals surface area (Å²) in [5.41, 5.74) is 2.35. The van der Waals surface area contributed by atoms with Crippen LogP contribution in [-0.4, -0.2) is 30.6 Å². The summed E-state index contributed by atoms with van der Waals surface area (Å²) < 4.78 is 23.4. The van der Waals surface area contributed by atoms with E-state index in [0.717, 1.165) is 16.9 Å². The first-order valence-corrected chi connectivity index (χ1v) is 10.0. The number of carbonyl (C=O) groups excluding carboxylic acids is 2. The number of aromatic nitrogens is 1. The average Bonchev–Trinajstić information content (AvgIpc) is 3.11. The number of hydrogen-bond donors (Lipinski definition) is 1. The number of halogens is 2.